The number of nitrogens with one attached hydrogen (secondary N) is 1. The number of nitrogens with zero attached hydrogens (tertiary/aromatic N) is 1. The molecule has 0 saturated heterocycles. The maximum atomic E-state index is 3.75. The summed E-state index contributed by atoms with van der Waals surface area (Å²) < 4.78 is 0. The molecule has 0 aliphatic carbocycles. The standard InChI is InChI=1S/C8H16N2/c1-8(9-2)6-5-7-10(3)4/h5-6,9H,1,7H2,2-4H3/b6-5+. The Hall–Kier alpha value is -0.760. The van der Waals surface area contributed by atoms with Crippen LogP contribution in [0.4, 0.5) is 0 Å². The molecule has 0 saturated carbocycles. The van der Waals surface area contributed by atoms with Gasteiger partial charge < -0.3 is 10.2 Å². The molecular weight excluding hydrogens is 124 g/mol. The summed E-state index contributed by atoms with van der Waals surface area (Å²) in [6.07, 6.45) is 4.04. The van der Waals surface area contributed by atoms with Crippen molar-refractivity contribution in [3.63, 3.8) is 0 Å². The maximum absolute atomic E-state index is 3.75. The molecule has 0 radical (unpaired) electrons. The van der Waals surface area contributed by atoms with Crippen molar-refractivity contribution in [1.29, 1.82) is 0 Å². The fourth-order valence-corrected chi connectivity index (χ4v) is 0.489. The zero-order valence-corrected chi connectivity index (χ0v) is 7.02. The summed E-state index contributed by atoms with van der Waals surface area (Å²) in [5.41, 5.74) is 0.946. The molecule has 0 fully saturated rings. The summed E-state index contributed by atoms with van der Waals surface area (Å²) >= 11 is 0. The summed E-state index contributed by atoms with van der Waals surface area (Å²) in [4.78, 5) is 2.10. The molecule has 58 valence electrons. The van der Waals surface area contributed by atoms with E-state index in [0.717, 1.165) is 12.2 Å². The van der Waals surface area contributed by atoms with Gasteiger partial charge >= 0.3 is 0 Å². The van der Waals surface area contributed by atoms with E-state index in [4.69, 9.17) is 0 Å². The van der Waals surface area contributed by atoms with Crippen LogP contribution in [0, 0.1) is 0 Å². The van der Waals surface area contributed by atoms with Gasteiger partial charge in [0.1, 0.15) is 0 Å². The monoisotopic (exact) mass is 140 g/mol. The fourth-order valence-electron chi connectivity index (χ4n) is 0.489. The van der Waals surface area contributed by atoms with Crippen molar-refractivity contribution in [1.82, 2.24) is 10.2 Å². The van der Waals surface area contributed by atoms with Crippen molar-refractivity contribution in [2.75, 3.05) is 27.7 Å². The van der Waals surface area contributed by atoms with Crippen LogP contribution in [-0.4, -0.2) is 32.6 Å². The third-order valence-corrected chi connectivity index (χ3v) is 1.11. The summed E-state index contributed by atoms with van der Waals surface area (Å²) in [6, 6.07) is 0. The highest BCUT2D eigenvalue weighted by Gasteiger charge is 1.82. The number of likely N-dealkylation sites (N-methyl/N-ethyl adjacent to an activating group) is 2. The van der Waals surface area contributed by atoms with Crippen molar-refractivity contribution in [3.05, 3.63) is 24.4 Å². The predicted molar refractivity (Wildman–Crippen MR) is 45.9 cm³/mol. The second kappa shape index (κ2) is 5.06. The molecule has 0 aliphatic rings. The fraction of sp³-hybridized carbons (Fsp3) is 0.500. The summed E-state index contributed by atoms with van der Waals surface area (Å²) in [7, 11) is 5.93. The highest BCUT2D eigenvalue weighted by atomic mass is 15.0. The van der Waals surface area contributed by atoms with Gasteiger partial charge in [-0.1, -0.05) is 12.7 Å². The molecule has 0 bridgehead atoms. The quantitative estimate of drug-likeness (QED) is 0.582. The molecule has 0 rings (SSSR count). The third kappa shape index (κ3) is 5.38. The first kappa shape index (κ1) is 9.24. The van der Waals surface area contributed by atoms with Gasteiger partial charge in [-0.05, 0) is 20.2 Å². The zero-order chi connectivity index (χ0) is 7.98. The highest BCUT2D eigenvalue weighted by Crippen LogP contribution is 1.85. The second-order valence-corrected chi connectivity index (χ2v) is 2.44. The van der Waals surface area contributed by atoms with E-state index < -0.39 is 0 Å². The van der Waals surface area contributed by atoms with Crippen LogP contribution in [0.1, 0.15) is 0 Å². The Morgan fingerprint density at radius 3 is 2.60 bits per heavy atom. The van der Waals surface area contributed by atoms with E-state index in [9.17, 15) is 0 Å². The lowest BCUT2D eigenvalue weighted by atomic mass is 10.4. The Bertz CT molecular complexity index is 125. The zero-order valence-electron chi connectivity index (χ0n) is 7.02. The number of rotatable bonds is 4. The SMILES string of the molecule is C=C(/C=C/CN(C)C)NC. The van der Waals surface area contributed by atoms with E-state index in [-0.39, 0.29) is 0 Å². The van der Waals surface area contributed by atoms with Gasteiger partial charge in [0, 0.05) is 19.3 Å². The van der Waals surface area contributed by atoms with Crippen LogP contribution in [0.3, 0.4) is 0 Å². The molecule has 0 unspecified atom stereocenters. The van der Waals surface area contributed by atoms with Gasteiger partial charge in [0.2, 0.25) is 0 Å². The average molecular weight is 140 g/mol. The Morgan fingerprint density at radius 1 is 1.60 bits per heavy atom. The molecule has 0 heterocycles. The van der Waals surface area contributed by atoms with Crippen LogP contribution in [0.2, 0.25) is 0 Å². The minimum Gasteiger partial charge on any atom is -0.389 e. The van der Waals surface area contributed by atoms with Crippen LogP contribution in [-0.2, 0) is 0 Å². The lowest BCUT2D eigenvalue weighted by molar-refractivity contribution is 0.456. The minimum absolute atomic E-state index is 0.946. The molecule has 10 heavy (non-hydrogen) atoms. The van der Waals surface area contributed by atoms with Gasteiger partial charge in [0.25, 0.3) is 0 Å². The molecule has 0 aromatic heterocycles. The topological polar surface area (TPSA) is 15.3 Å². The van der Waals surface area contributed by atoms with Crippen molar-refractivity contribution < 1.29 is 0 Å². The molecular formula is C8H16N2. The highest BCUT2D eigenvalue weighted by molar-refractivity contribution is 5.11. The molecule has 0 aliphatic heterocycles. The van der Waals surface area contributed by atoms with Gasteiger partial charge in [-0.2, -0.15) is 0 Å². The molecule has 1 N–H and O–H groups in total. The van der Waals surface area contributed by atoms with Crippen LogP contribution in [0.15, 0.2) is 24.4 Å². The van der Waals surface area contributed by atoms with Crippen molar-refractivity contribution in [2.24, 2.45) is 0 Å². The molecule has 2 nitrogen and oxygen atoms in total. The number of allylic oxidation sites excluding steroid dienone is 1. The first-order chi connectivity index (χ1) is 4.66. The van der Waals surface area contributed by atoms with E-state index in [1.54, 1.807) is 0 Å². The van der Waals surface area contributed by atoms with Crippen LogP contribution in [0.25, 0.3) is 0 Å². The van der Waals surface area contributed by atoms with E-state index in [2.05, 4.69) is 22.9 Å². The molecule has 0 aromatic carbocycles. The van der Waals surface area contributed by atoms with Gasteiger partial charge in [-0.15, -0.1) is 0 Å². The van der Waals surface area contributed by atoms with Crippen LogP contribution < -0.4 is 5.32 Å². The molecule has 0 aromatic rings. The van der Waals surface area contributed by atoms with E-state index in [0.29, 0.717) is 0 Å². The molecule has 0 atom stereocenters. The predicted octanol–water partition coefficient (Wildman–Crippen LogP) is 0.837. The van der Waals surface area contributed by atoms with Crippen molar-refractivity contribution >= 4 is 0 Å². The summed E-state index contributed by atoms with van der Waals surface area (Å²) in [6.45, 7) is 4.71. The number of hydrogen-bond donors (Lipinski definition) is 1. The molecule has 2 heteroatoms. The van der Waals surface area contributed by atoms with Gasteiger partial charge in [-0.3, -0.25) is 0 Å². The summed E-state index contributed by atoms with van der Waals surface area (Å²) in [5.74, 6) is 0. The minimum atomic E-state index is 0.946. The van der Waals surface area contributed by atoms with E-state index in [1.165, 1.54) is 0 Å². The lowest BCUT2D eigenvalue weighted by Crippen LogP contribution is -2.11. The van der Waals surface area contributed by atoms with E-state index in [1.807, 2.05) is 27.2 Å². The smallest absolute Gasteiger partial charge is 0.0261 e. The Balaban J connectivity index is 3.46. The molecule has 0 amide bonds. The average Bonchev–Trinajstić information content (AvgIpc) is 1.87. The lowest BCUT2D eigenvalue weighted by Gasteiger charge is -2.03. The van der Waals surface area contributed by atoms with Gasteiger partial charge in [-0.25, -0.2) is 0 Å². The van der Waals surface area contributed by atoms with E-state index >= 15 is 0 Å². The maximum Gasteiger partial charge on any atom is 0.0261 e. The first-order valence-corrected chi connectivity index (χ1v) is 3.34. The number of hydrogen-bond acceptors (Lipinski definition) is 2. The van der Waals surface area contributed by atoms with Crippen molar-refractivity contribution in [2.45, 2.75) is 0 Å². The van der Waals surface area contributed by atoms with Gasteiger partial charge in [0.15, 0.2) is 0 Å². The van der Waals surface area contributed by atoms with Gasteiger partial charge in [0.05, 0.1) is 0 Å². The normalized spacial score (nSPS) is 10.8. The summed E-state index contributed by atoms with van der Waals surface area (Å²) in [5, 5.41) is 2.94. The Morgan fingerprint density at radius 2 is 2.20 bits per heavy atom. The largest absolute Gasteiger partial charge is 0.389 e. The second-order valence-electron chi connectivity index (χ2n) is 2.44. The molecule has 0 spiro atoms. The Kier molecular flexibility index (Phi) is 4.67. The third-order valence-electron chi connectivity index (χ3n) is 1.11. The first-order valence-electron chi connectivity index (χ1n) is 3.34. The van der Waals surface area contributed by atoms with Crippen LogP contribution >= 0.6 is 0 Å². The van der Waals surface area contributed by atoms with Crippen LogP contribution in [0.5, 0.6) is 0 Å². The Labute approximate surface area is 63.2 Å². The van der Waals surface area contributed by atoms with Crippen molar-refractivity contribution in [3.8, 4) is 0 Å².